The van der Waals surface area contributed by atoms with Gasteiger partial charge in [0.05, 0.1) is 12.7 Å². The van der Waals surface area contributed by atoms with E-state index in [1.54, 1.807) is 0 Å². The maximum atomic E-state index is 6.03. The maximum absolute atomic E-state index is 6.03. The molecule has 66 valence electrons. The SMILES string of the molecule is CN(C)P(=S)(Cl)NCC1CO1. The summed E-state index contributed by atoms with van der Waals surface area (Å²) in [6.07, 6.45) is 0.344. The van der Waals surface area contributed by atoms with E-state index in [1.165, 1.54) is 0 Å². The number of ether oxygens (including phenoxy) is 1. The van der Waals surface area contributed by atoms with Gasteiger partial charge in [-0.15, -0.1) is 0 Å². The fourth-order valence-corrected chi connectivity index (χ4v) is 1.68. The van der Waals surface area contributed by atoms with Gasteiger partial charge in [-0.05, 0) is 25.9 Å². The van der Waals surface area contributed by atoms with Crippen molar-refractivity contribution in [2.45, 2.75) is 6.10 Å². The first-order valence-corrected chi connectivity index (χ1v) is 7.02. The van der Waals surface area contributed by atoms with Gasteiger partial charge in [-0.3, -0.25) is 9.76 Å². The maximum Gasteiger partial charge on any atom is 0.161 e. The van der Waals surface area contributed by atoms with Gasteiger partial charge in [0.15, 0.2) is 5.69 Å². The number of hydrogen-bond acceptors (Lipinski definition) is 2. The van der Waals surface area contributed by atoms with Crippen LogP contribution in [0.5, 0.6) is 0 Å². The summed E-state index contributed by atoms with van der Waals surface area (Å²) in [5.74, 6) is 0. The molecule has 0 aliphatic carbocycles. The van der Waals surface area contributed by atoms with Crippen LogP contribution in [-0.4, -0.2) is 38.0 Å². The van der Waals surface area contributed by atoms with E-state index in [9.17, 15) is 0 Å². The van der Waals surface area contributed by atoms with Gasteiger partial charge in [-0.1, -0.05) is 11.2 Å². The van der Waals surface area contributed by atoms with Crippen molar-refractivity contribution in [1.29, 1.82) is 0 Å². The average molecular weight is 215 g/mol. The Balaban J connectivity index is 2.26. The summed E-state index contributed by atoms with van der Waals surface area (Å²) in [5, 5.41) is 3.11. The zero-order valence-electron chi connectivity index (χ0n) is 6.58. The summed E-state index contributed by atoms with van der Waals surface area (Å²) in [6.45, 7) is 1.62. The summed E-state index contributed by atoms with van der Waals surface area (Å²) < 4.78 is 6.87. The lowest BCUT2D eigenvalue weighted by Crippen LogP contribution is -2.21. The lowest BCUT2D eigenvalue weighted by Gasteiger charge is -2.22. The predicted molar refractivity (Wildman–Crippen MR) is 51.6 cm³/mol. The largest absolute Gasteiger partial charge is 0.372 e. The Morgan fingerprint density at radius 1 is 1.82 bits per heavy atom. The minimum Gasteiger partial charge on any atom is -0.372 e. The zero-order chi connectivity index (χ0) is 8.48. The van der Waals surface area contributed by atoms with Crippen LogP contribution in [0.4, 0.5) is 0 Å². The summed E-state index contributed by atoms with van der Waals surface area (Å²) in [6, 6.07) is 0. The van der Waals surface area contributed by atoms with Gasteiger partial charge in [0, 0.05) is 6.54 Å². The Hall–Kier alpha value is 0.820. The Bertz CT molecular complexity index is 185. The van der Waals surface area contributed by atoms with E-state index < -0.39 is 5.69 Å². The molecule has 1 fully saturated rings. The van der Waals surface area contributed by atoms with Crippen LogP contribution in [0.3, 0.4) is 0 Å². The molecule has 1 aliphatic heterocycles. The number of hydrogen-bond donors (Lipinski definition) is 1. The Morgan fingerprint density at radius 2 is 2.36 bits per heavy atom. The fourth-order valence-electron chi connectivity index (χ4n) is 0.542. The molecule has 0 bridgehead atoms. The Kier molecular flexibility index (Phi) is 3.32. The average Bonchev–Trinajstić information content (AvgIpc) is 2.65. The predicted octanol–water partition coefficient (Wildman–Crippen LogP) is 1.000. The van der Waals surface area contributed by atoms with E-state index in [0.29, 0.717) is 6.10 Å². The Morgan fingerprint density at radius 3 is 2.73 bits per heavy atom. The second-order valence-electron chi connectivity index (χ2n) is 2.67. The highest BCUT2D eigenvalue weighted by molar-refractivity contribution is 8.24. The molecule has 0 amide bonds. The molecule has 1 heterocycles. The lowest BCUT2D eigenvalue weighted by atomic mass is 10.5. The van der Waals surface area contributed by atoms with Crippen molar-refractivity contribution in [3.05, 3.63) is 0 Å². The topological polar surface area (TPSA) is 27.8 Å². The summed E-state index contributed by atoms with van der Waals surface area (Å²) in [5.41, 5.74) is -1.97. The molecule has 1 saturated heterocycles. The van der Waals surface area contributed by atoms with Gasteiger partial charge in [0.25, 0.3) is 0 Å². The zero-order valence-corrected chi connectivity index (χ0v) is 9.05. The number of rotatable bonds is 4. The molecule has 0 saturated carbocycles. The van der Waals surface area contributed by atoms with Crippen LogP contribution in [0, 0.1) is 0 Å². The smallest absolute Gasteiger partial charge is 0.161 e. The van der Waals surface area contributed by atoms with Gasteiger partial charge in [-0.25, -0.2) is 0 Å². The van der Waals surface area contributed by atoms with Crippen molar-refractivity contribution >= 4 is 28.7 Å². The molecule has 11 heavy (non-hydrogen) atoms. The van der Waals surface area contributed by atoms with E-state index in [4.69, 9.17) is 27.8 Å². The number of halogens is 1. The van der Waals surface area contributed by atoms with Crippen molar-refractivity contribution in [1.82, 2.24) is 9.76 Å². The summed E-state index contributed by atoms with van der Waals surface area (Å²) in [4.78, 5) is 0. The van der Waals surface area contributed by atoms with Gasteiger partial charge < -0.3 is 4.74 Å². The first kappa shape index (κ1) is 9.90. The molecule has 1 N–H and O–H groups in total. The van der Waals surface area contributed by atoms with Crippen molar-refractivity contribution in [2.24, 2.45) is 0 Å². The van der Waals surface area contributed by atoms with E-state index in [2.05, 4.69) is 5.09 Å². The van der Waals surface area contributed by atoms with Gasteiger partial charge >= 0.3 is 0 Å². The summed E-state index contributed by atoms with van der Waals surface area (Å²) >= 11 is 11.2. The monoisotopic (exact) mass is 214 g/mol. The molecule has 0 aromatic heterocycles. The highest BCUT2D eigenvalue weighted by Gasteiger charge is 2.25. The second kappa shape index (κ2) is 3.69. The van der Waals surface area contributed by atoms with Crippen molar-refractivity contribution < 1.29 is 4.74 Å². The third-order valence-electron chi connectivity index (χ3n) is 1.43. The van der Waals surface area contributed by atoms with E-state index in [1.807, 2.05) is 18.8 Å². The van der Waals surface area contributed by atoms with Gasteiger partial charge in [0.2, 0.25) is 0 Å². The normalized spacial score (nSPS) is 28.5. The summed E-state index contributed by atoms with van der Waals surface area (Å²) in [7, 11) is 3.77. The molecular formula is C5H12ClN2OPS. The van der Waals surface area contributed by atoms with Crippen LogP contribution in [0.1, 0.15) is 0 Å². The number of nitrogens with one attached hydrogen (secondary N) is 1. The van der Waals surface area contributed by atoms with Crippen LogP contribution in [0.25, 0.3) is 0 Å². The molecule has 0 aromatic carbocycles. The number of nitrogens with zero attached hydrogens (tertiary/aromatic N) is 1. The molecular weight excluding hydrogens is 203 g/mol. The molecule has 0 radical (unpaired) electrons. The van der Waals surface area contributed by atoms with E-state index in [0.717, 1.165) is 13.2 Å². The van der Waals surface area contributed by atoms with Crippen LogP contribution in [0.15, 0.2) is 0 Å². The van der Waals surface area contributed by atoms with Gasteiger partial charge in [-0.2, -0.15) is 0 Å². The quantitative estimate of drug-likeness (QED) is 0.558. The van der Waals surface area contributed by atoms with Crippen molar-refractivity contribution in [3.63, 3.8) is 0 Å². The highest BCUT2D eigenvalue weighted by atomic mass is 35.7. The fraction of sp³-hybridized carbons (Fsp3) is 1.00. The first-order valence-electron chi connectivity index (χ1n) is 3.36. The molecule has 0 aromatic rings. The molecule has 2 atom stereocenters. The minimum absolute atomic E-state index is 0.344. The van der Waals surface area contributed by atoms with Crippen LogP contribution in [-0.2, 0) is 16.5 Å². The molecule has 1 aliphatic rings. The highest BCUT2D eigenvalue weighted by Crippen LogP contribution is 2.48. The standard InChI is InChI=1S/C5H12ClN2OPS/c1-8(2)10(6,11)7-3-5-4-9-5/h5H,3-4H2,1-2H3,(H,7,11). The Labute approximate surface area is 76.9 Å². The van der Waals surface area contributed by atoms with Crippen LogP contribution < -0.4 is 5.09 Å². The lowest BCUT2D eigenvalue weighted by molar-refractivity contribution is 0.407. The first-order chi connectivity index (χ1) is 5.02. The van der Waals surface area contributed by atoms with Gasteiger partial charge in [0.1, 0.15) is 0 Å². The number of epoxide rings is 1. The minimum atomic E-state index is -1.97. The molecule has 0 spiro atoms. The third kappa shape index (κ3) is 3.36. The van der Waals surface area contributed by atoms with Crippen LogP contribution in [0.2, 0.25) is 0 Å². The molecule has 2 unspecified atom stereocenters. The molecule has 6 heteroatoms. The van der Waals surface area contributed by atoms with Crippen molar-refractivity contribution in [3.8, 4) is 0 Å². The van der Waals surface area contributed by atoms with E-state index >= 15 is 0 Å². The van der Waals surface area contributed by atoms with Crippen molar-refractivity contribution in [2.75, 3.05) is 27.2 Å². The van der Waals surface area contributed by atoms with E-state index in [-0.39, 0.29) is 0 Å². The molecule has 3 nitrogen and oxygen atoms in total. The molecule has 1 rings (SSSR count). The second-order valence-corrected chi connectivity index (χ2v) is 8.44. The third-order valence-corrected chi connectivity index (χ3v) is 5.67. The van der Waals surface area contributed by atoms with Crippen LogP contribution >= 0.6 is 16.9 Å².